The van der Waals surface area contributed by atoms with Gasteiger partial charge in [-0.15, -0.1) is 0 Å². The third-order valence-electron chi connectivity index (χ3n) is 2.54. The molecule has 19 heavy (non-hydrogen) atoms. The number of hydrogen-bond acceptors (Lipinski definition) is 4. The number of nitrogens with one attached hydrogen (secondary N) is 1. The second-order valence-electron chi connectivity index (χ2n) is 3.90. The van der Waals surface area contributed by atoms with Crippen LogP contribution in [-0.2, 0) is 20.0 Å². The molecular formula is C13H13FN2O3. The van der Waals surface area contributed by atoms with E-state index in [1.807, 2.05) is 5.32 Å². The SMILES string of the molecule is COC(=O)CNC(=O)C(F)(C#N)c1ccc(C)cc1. The van der Waals surface area contributed by atoms with Crippen LogP contribution < -0.4 is 5.32 Å². The van der Waals surface area contributed by atoms with Gasteiger partial charge in [-0.05, 0) is 6.92 Å². The molecule has 0 radical (unpaired) electrons. The zero-order valence-corrected chi connectivity index (χ0v) is 10.6. The topological polar surface area (TPSA) is 79.2 Å². The molecule has 0 aliphatic rings. The number of esters is 1. The maximum Gasteiger partial charge on any atom is 0.325 e. The number of nitrogens with zero attached hydrogens (tertiary/aromatic N) is 1. The fourth-order valence-corrected chi connectivity index (χ4v) is 1.38. The summed E-state index contributed by atoms with van der Waals surface area (Å²) in [6.45, 7) is 1.31. The summed E-state index contributed by atoms with van der Waals surface area (Å²) in [5, 5.41) is 10.9. The molecule has 1 aromatic rings. The first-order valence-electron chi connectivity index (χ1n) is 5.46. The molecule has 100 valence electrons. The van der Waals surface area contributed by atoms with Crippen LogP contribution in [0.15, 0.2) is 24.3 Å². The van der Waals surface area contributed by atoms with Gasteiger partial charge in [0, 0.05) is 5.56 Å². The van der Waals surface area contributed by atoms with Gasteiger partial charge in [-0.1, -0.05) is 29.8 Å². The van der Waals surface area contributed by atoms with Gasteiger partial charge in [0.15, 0.2) is 0 Å². The number of hydrogen-bond donors (Lipinski definition) is 1. The molecule has 0 heterocycles. The highest BCUT2D eigenvalue weighted by atomic mass is 19.1. The number of nitriles is 1. The average molecular weight is 264 g/mol. The van der Waals surface area contributed by atoms with Crippen LogP contribution in [0.2, 0.25) is 0 Å². The van der Waals surface area contributed by atoms with Crippen molar-refractivity contribution in [2.45, 2.75) is 12.6 Å². The van der Waals surface area contributed by atoms with E-state index < -0.39 is 24.1 Å². The van der Waals surface area contributed by atoms with Crippen molar-refractivity contribution in [3.8, 4) is 6.07 Å². The Morgan fingerprint density at radius 3 is 2.47 bits per heavy atom. The summed E-state index contributed by atoms with van der Waals surface area (Å²) >= 11 is 0. The Balaban J connectivity index is 2.91. The van der Waals surface area contributed by atoms with E-state index in [9.17, 15) is 14.0 Å². The van der Waals surface area contributed by atoms with Crippen molar-refractivity contribution in [3.63, 3.8) is 0 Å². The van der Waals surface area contributed by atoms with E-state index in [0.717, 1.165) is 12.7 Å². The predicted octanol–water partition coefficient (Wildman–Crippen LogP) is 0.973. The molecule has 5 nitrogen and oxygen atoms in total. The Bertz CT molecular complexity index is 522. The maximum absolute atomic E-state index is 14.4. The van der Waals surface area contributed by atoms with Crippen LogP contribution in [-0.4, -0.2) is 25.5 Å². The number of carbonyl (C=O) groups is 2. The lowest BCUT2D eigenvalue weighted by Crippen LogP contribution is -2.42. The van der Waals surface area contributed by atoms with Crippen molar-refractivity contribution in [2.24, 2.45) is 0 Å². The molecule has 0 saturated heterocycles. The molecular weight excluding hydrogens is 251 g/mol. The zero-order chi connectivity index (χ0) is 14.5. The molecule has 1 aromatic carbocycles. The molecule has 1 unspecified atom stereocenters. The number of amides is 1. The number of alkyl halides is 1. The van der Waals surface area contributed by atoms with Gasteiger partial charge in [0.2, 0.25) is 0 Å². The summed E-state index contributed by atoms with van der Waals surface area (Å²) in [6.07, 6.45) is 0. The van der Waals surface area contributed by atoms with Crippen LogP contribution in [0.25, 0.3) is 0 Å². The lowest BCUT2D eigenvalue weighted by atomic mass is 9.95. The number of halogens is 1. The summed E-state index contributed by atoms with van der Waals surface area (Å²) in [5.41, 5.74) is -2.04. The Labute approximate surface area is 110 Å². The smallest absolute Gasteiger partial charge is 0.325 e. The molecule has 0 saturated carbocycles. The average Bonchev–Trinajstić information content (AvgIpc) is 2.44. The fraction of sp³-hybridized carbons (Fsp3) is 0.308. The largest absolute Gasteiger partial charge is 0.468 e. The van der Waals surface area contributed by atoms with E-state index >= 15 is 0 Å². The van der Waals surface area contributed by atoms with Gasteiger partial charge in [0.05, 0.1) is 7.11 Å². The number of ether oxygens (including phenoxy) is 1. The molecule has 6 heteroatoms. The standard InChI is InChI=1S/C13H13FN2O3/c1-9-3-5-10(6-4-9)13(14,8-15)12(18)16-7-11(17)19-2/h3-6H,7H2,1-2H3,(H,16,18). The van der Waals surface area contributed by atoms with Gasteiger partial charge in [-0.3, -0.25) is 9.59 Å². The molecule has 0 aliphatic heterocycles. The van der Waals surface area contributed by atoms with Crippen molar-refractivity contribution in [1.82, 2.24) is 5.32 Å². The molecule has 1 amide bonds. The number of methoxy groups -OCH3 is 1. The molecule has 0 aromatic heterocycles. The van der Waals surface area contributed by atoms with Gasteiger partial charge < -0.3 is 10.1 Å². The van der Waals surface area contributed by atoms with Crippen LogP contribution in [0.1, 0.15) is 11.1 Å². The van der Waals surface area contributed by atoms with Gasteiger partial charge in [0.25, 0.3) is 11.6 Å². The second-order valence-corrected chi connectivity index (χ2v) is 3.90. The molecule has 0 fully saturated rings. The van der Waals surface area contributed by atoms with Crippen LogP contribution in [0.4, 0.5) is 4.39 Å². The zero-order valence-electron chi connectivity index (χ0n) is 10.6. The van der Waals surface area contributed by atoms with Gasteiger partial charge in [0.1, 0.15) is 12.6 Å². The fourth-order valence-electron chi connectivity index (χ4n) is 1.38. The van der Waals surface area contributed by atoms with Crippen molar-refractivity contribution in [3.05, 3.63) is 35.4 Å². The predicted molar refractivity (Wildman–Crippen MR) is 64.6 cm³/mol. The molecule has 0 aliphatic carbocycles. The van der Waals surface area contributed by atoms with Crippen LogP contribution >= 0.6 is 0 Å². The summed E-state index contributed by atoms with van der Waals surface area (Å²) in [4.78, 5) is 22.6. The first-order valence-corrected chi connectivity index (χ1v) is 5.46. The number of carbonyl (C=O) groups excluding carboxylic acids is 2. The minimum atomic E-state index is -2.83. The summed E-state index contributed by atoms with van der Waals surface area (Å²) in [6, 6.07) is 7.22. The lowest BCUT2D eigenvalue weighted by Gasteiger charge is -2.17. The molecule has 0 spiro atoms. The molecule has 1 rings (SSSR count). The van der Waals surface area contributed by atoms with Crippen molar-refractivity contribution < 1.29 is 18.7 Å². The van der Waals surface area contributed by atoms with Crippen molar-refractivity contribution >= 4 is 11.9 Å². The van der Waals surface area contributed by atoms with E-state index in [-0.39, 0.29) is 5.56 Å². The van der Waals surface area contributed by atoms with Crippen molar-refractivity contribution in [2.75, 3.05) is 13.7 Å². The molecule has 1 atom stereocenters. The highest BCUT2D eigenvalue weighted by molar-refractivity contribution is 5.91. The normalized spacial score (nSPS) is 12.9. The van der Waals surface area contributed by atoms with Crippen LogP contribution in [0.5, 0.6) is 0 Å². The summed E-state index contributed by atoms with van der Waals surface area (Å²) < 4.78 is 18.7. The lowest BCUT2D eigenvalue weighted by molar-refractivity contribution is -0.142. The van der Waals surface area contributed by atoms with E-state index in [4.69, 9.17) is 5.26 Å². The second kappa shape index (κ2) is 5.96. The van der Waals surface area contributed by atoms with E-state index in [1.165, 1.54) is 18.2 Å². The summed E-state index contributed by atoms with van der Waals surface area (Å²) in [7, 11) is 1.14. The Hall–Kier alpha value is -2.42. The number of rotatable bonds is 4. The number of aryl methyl sites for hydroxylation is 1. The first kappa shape index (κ1) is 14.6. The Kier molecular flexibility index (Phi) is 4.59. The minimum absolute atomic E-state index is 0.0806. The van der Waals surface area contributed by atoms with E-state index in [0.29, 0.717) is 0 Å². The third kappa shape index (κ3) is 3.28. The molecule has 1 N–H and O–H groups in total. The minimum Gasteiger partial charge on any atom is -0.468 e. The van der Waals surface area contributed by atoms with E-state index in [1.54, 1.807) is 19.1 Å². The maximum atomic E-state index is 14.4. The highest BCUT2D eigenvalue weighted by Crippen LogP contribution is 2.25. The molecule has 0 bridgehead atoms. The van der Waals surface area contributed by atoms with Gasteiger partial charge >= 0.3 is 5.97 Å². The first-order chi connectivity index (χ1) is 8.93. The van der Waals surface area contributed by atoms with Crippen LogP contribution in [0.3, 0.4) is 0 Å². The third-order valence-corrected chi connectivity index (χ3v) is 2.54. The van der Waals surface area contributed by atoms with Gasteiger partial charge in [-0.25, -0.2) is 4.39 Å². The van der Waals surface area contributed by atoms with Gasteiger partial charge in [-0.2, -0.15) is 5.26 Å². The van der Waals surface area contributed by atoms with E-state index in [2.05, 4.69) is 4.74 Å². The monoisotopic (exact) mass is 264 g/mol. The highest BCUT2D eigenvalue weighted by Gasteiger charge is 2.41. The Morgan fingerprint density at radius 2 is 2.00 bits per heavy atom. The quantitative estimate of drug-likeness (QED) is 0.822. The number of benzene rings is 1. The Morgan fingerprint density at radius 1 is 1.42 bits per heavy atom. The summed E-state index contributed by atoms with van der Waals surface area (Å²) in [5.74, 6) is -1.92. The van der Waals surface area contributed by atoms with Crippen molar-refractivity contribution in [1.29, 1.82) is 5.26 Å². The van der Waals surface area contributed by atoms with Crippen LogP contribution in [0, 0.1) is 18.3 Å².